The molecule has 0 N–H and O–H groups in total. The molecular formula is C16H17NO. The third-order valence-electron chi connectivity index (χ3n) is 3.02. The van der Waals surface area contributed by atoms with Crippen LogP contribution in [0.3, 0.4) is 0 Å². The molecule has 0 bridgehead atoms. The van der Waals surface area contributed by atoms with E-state index < -0.39 is 0 Å². The molecule has 0 aliphatic rings. The predicted molar refractivity (Wildman–Crippen MR) is 75.8 cm³/mol. The maximum Gasteiger partial charge on any atom is 0.152 e. The van der Waals surface area contributed by atoms with Gasteiger partial charge in [0.1, 0.15) is 0 Å². The first-order valence-electron chi connectivity index (χ1n) is 5.98. The van der Waals surface area contributed by atoms with Crippen LogP contribution in [0.5, 0.6) is 0 Å². The number of carbonyl (C=O) groups is 1. The van der Waals surface area contributed by atoms with Crippen molar-refractivity contribution >= 4 is 17.7 Å². The third-order valence-corrected chi connectivity index (χ3v) is 3.02. The molecule has 2 aromatic rings. The maximum atomic E-state index is 11.1. The van der Waals surface area contributed by atoms with Gasteiger partial charge in [0, 0.05) is 18.3 Å². The first-order valence-corrected chi connectivity index (χ1v) is 5.98. The van der Waals surface area contributed by atoms with Gasteiger partial charge in [-0.1, -0.05) is 18.2 Å². The Bertz CT molecular complexity index is 555. The van der Waals surface area contributed by atoms with E-state index in [1.54, 1.807) is 0 Å². The monoisotopic (exact) mass is 239 g/mol. The Balaban J connectivity index is 2.47. The lowest BCUT2D eigenvalue weighted by Gasteiger charge is -2.22. The summed E-state index contributed by atoms with van der Waals surface area (Å²) in [6.45, 7) is 4.16. The molecule has 2 heteroatoms. The summed E-state index contributed by atoms with van der Waals surface area (Å²) in [5.74, 6) is 0. The predicted octanol–water partition coefficient (Wildman–Crippen LogP) is 3.88. The summed E-state index contributed by atoms with van der Waals surface area (Å²) in [5.41, 5.74) is 5.18. The fraction of sp³-hybridized carbons (Fsp3) is 0.188. The Hall–Kier alpha value is -2.09. The third kappa shape index (κ3) is 2.43. The van der Waals surface area contributed by atoms with Gasteiger partial charge in [0.2, 0.25) is 0 Å². The van der Waals surface area contributed by atoms with Crippen LogP contribution in [0.4, 0.5) is 11.4 Å². The minimum atomic E-state index is 0.708. The quantitative estimate of drug-likeness (QED) is 0.757. The molecule has 0 aliphatic heterocycles. The van der Waals surface area contributed by atoms with E-state index in [0.717, 1.165) is 17.7 Å². The van der Waals surface area contributed by atoms with Gasteiger partial charge in [0.25, 0.3) is 0 Å². The van der Waals surface area contributed by atoms with Gasteiger partial charge < -0.3 is 4.90 Å². The molecule has 0 saturated heterocycles. The summed E-state index contributed by atoms with van der Waals surface area (Å²) in [6.07, 6.45) is 0.897. The number of hydrogen-bond donors (Lipinski definition) is 0. The molecule has 0 aliphatic carbocycles. The second-order valence-corrected chi connectivity index (χ2v) is 4.58. The number of nitrogens with zero attached hydrogens (tertiary/aromatic N) is 1. The molecule has 0 heterocycles. The molecular weight excluding hydrogens is 222 g/mol. The molecule has 0 amide bonds. The van der Waals surface area contributed by atoms with Crippen molar-refractivity contribution in [3.05, 3.63) is 59.2 Å². The Morgan fingerprint density at radius 2 is 1.61 bits per heavy atom. The standard InChI is InChI=1S/C16H17NO/c1-12-8-13(2)10-15(9-12)17(3)16-7-5-4-6-14(16)11-18/h4-11H,1-3H3. The summed E-state index contributed by atoms with van der Waals surface area (Å²) in [5, 5.41) is 0. The first kappa shape index (κ1) is 12.4. The zero-order chi connectivity index (χ0) is 13.1. The lowest BCUT2D eigenvalue weighted by molar-refractivity contribution is 0.112. The highest BCUT2D eigenvalue weighted by atomic mass is 16.1. The Kier molecular flexibility index (Phi) is 3.47. The smallest absolute Gasteiger partial charge is 0.152 e. The van der Waals surface area contributed by atoms with Crippen LogP contribution < -0.4 is 4.90 Å². The van der Waals surface area contributed by atoms with Gasteiger partial charge in [-0.2, -0.15) is 0 Å². The van der Waals surface area contributed by atoms with Crippen LogP contribution in [0, 0.1) is 13.8 Å². The summed E-state index contributed by atoms with van der Waals surface area (Å²) in [4.78, 5) is 13.1. The second-order valence-electron chi connectivity index (χ2n) is 4.58. The molecule has 0 atom stereocenters. The first-order chi connectivity index (χ1) is 8.61. The van der Waals surface area contributed by atoms with Crippen LogP contribution >= 0.6 is 0 Å². The molecule has 0 aromatic heterocycles. The Morgan fingerprint density at radius 3 is 2.22 bits per heavy atom. The number of hydrogen-bond acceptors (Lipinski definition) is 2. The van der Waals surface area contributed by atoms with Crippen molar-refractivity contribution in [2.45, 2.75) is 13.8 Å². The number of benzene rings is 2. The van der Waals surface area contributed by atoms with Crippen molar-refractivity contribution in [3.63, 3.8) is 0 Å². The summed E-state index contributed by atoms with van der Waals surface area (Å²) in [6, 6.07) is 14.0. The molecule has 92 valence electrons. The fourth-order valence-corrected chi connectivity index (χ4v) is 2.18. The summed E-state index contributed by atoms with van der Waals surface area (Å²) in [7, 11) is 1.98. The number of carbonyl (C=O) groups excluding carboxylic acids is 1. The highest BCUT2D eigenvalue weighted by Crippen LogP contribution is 2.27. The normalized spacial score (nSPS) is 10.2. The average molecular weight is 239 g/mol. The largest absolute Gasteiger partial charge is 0.344 e. The van der Waals surface area contributed by atoms with E-state index in [2.05, 4.69) is 32.0 Å². The van der Waals surface area contributed by atoms with Crippen LogP contribution in [-0.2, 0) is 0 Å². The van der Waals surface area contributed by atoms with E-state index in [1.807, 2.05) is 36.2 Å². The van der Waals surface area contributed by atoms with Crippen LogP contribution in [0.1, 0.15) is 21.5 Å². The molecule has 0 fully saturated rings. The molecule has 2 nitrogen and oxygen atoms in total. The minimum absolute atomic E-state index is 0.708. The topological polar surface area (TPSA) is 20.3 Å². The summed E-state index contributed by atoms with van der Waals surface area (Å²) < 4.78 is 0. The van der Waals surface area contributed by atoms with Crippen LogP contribution in [0.2, 0.25) is 0 Å². The van der Waals surface area contributed by atoms with Gasteiger partial charge in [0.15, 0.2) is 6.29 Å². The van der Waals surface area contributed by atoms with E-state index in [-0.39, 0.29) is 0 Å². The maximum absolute atomic E-state index is 11.1. The number of anilines is 2. The fourth-order valence-electron chi connectivity index (χ4n) is 2.18. The van der Waals surface area contributed by atoms with Crippen molar-refractivity contribution in [3.8, 4) is 0 Å². The highest BCUT2D eigenvalue weighted by molar-refractivity contribution is 5.86. The SMILES string of the molecule is Cc1cc(C)cc(N(C)c2ccccc2C=O)c1. The number of aryl methyl sites for hydroxylation is 2. The molecule has 0 radical (unpaired) electrons. The Labute approximate surface area is 108 Å². The van der Waals surface area contributed by atoms with Gasteiger partial charge in [-0.15, -0.1) is 0 Å². The van der Waals surface area contributed by atoms with Gasteiger partial charge in [-0.05, 0) is 49.2 Å². The van der Waals surface area contributed by atoms with Gasteiger partial charge in [-0.3, -0.25) is 4.79 Å². The lowest BCUT2D eigenvalue weighted by Crippen LogP contribution is -2.11. The van der Waals surface area contributed by atoms with Crippen molar-refractivity contribution in [2.24, 2.45) is 0 Å². The molecule has 0 saturated carbocycles. The van der Waals surface area contributed by atoms with E-state index in [4.69, 9.17) is 0 Å². The van der Waals surface area contributed by atoms with Crippen molar-refractivity contribution < 1.29 is 4.79 Å². The van der Waals surface area contributed by atoms with Crippen LogP contribution in [0.15, 0.2) is 42.5 Å². The lowest BCUT2D eigenvalue weighted by atomic mass is 10.1. The van der Waals surface area contributed by atoms with Crippen molar-refractivity contribution in [1.82, 2.24) is 0 Å². The second kappa shape index (κ2) is 5.05. The average Bonchev–Trinajstić information content (AvgIpc) is 2.36. The molecule has 0 spiro atoms. The highest BCUT2D eigenvalue weighted by Gasteiger charge is 2.08. The zero-order valence-electron chi connectivity index (χ0n) is 11.0. The van der Waals surface area contributed by atoms with E-state index in [9.17, 15) is 4.79 Å². The Morgan fingerprint density at radius 1 is 1.00 bits per heavy atom. The van der Waals surface area contributed by atoms with E-state index in [1.165, 1.54) is 11.1 Å². The number of aldehydes is 1. The van der Waals surface area contributed by atoms with Gasteiger partial charge in [0.05, 0.1) is 5.69 Å². The van der Waals surface area contributed by atoms with Crippen LogP contribution in [-0.4, -0.2) is 13.3 Å². The van der Waals surface area contributed by atoms with Crippen molar-refractivity contribution in [1.29, 1.82) is 0 Å². The number of para-hydroxylation sites is 1. The molecule has 18 heavy (non-hydrogen) atoms. The van der Waals surface area contributed by atoms with Crippen LogP contribution in [0.25, 0.3) is 0 Å². The van der Waals surface area contributed by atoms with Crippen molar-refractivity contribution in [2.75, 3.05) is 11.9 Å². The van der Waals surface area contributed by atoms with Gasteiger partial charge in [-0.25, -0.2) is 0 Å². The molecule has 0 unspecified atom stereocenters. The van der Waals surface area contributed by atoms with E-state index >= 15 is 0 Å². The van der Waals surface area contributed by atoms with Gasteiger partial charge >= 0.3 is 0 Å². The number of rotatable bonds is 3. The molecule has 2 rings (SSSR count). The van der Waals surface area contributed by atoms with E-state index in [0.29, 0.717) is 5.56 Å². The minimum Gasteiger partial charge on any atom is -0.344 e. The zero-order valence-corrected chi connectivity index (χ0v) is 11.0. The summed E-state index contributed by atoms with van der Waals surface area (Å²) >= 11 is 0. The molecule has 2 aromatic carbocycles.